The van der Waals surface area contributed by atoms with E-state index >= 15 is 0 Å². The Hall–Kier alpha value is -2.49. The summed E-state index contributed by atoms with van der Waals surface area (Å²) >= 11 is 9.27. The van der Waals surface area contributed by atoms with Gasteiger partial charge in [-0.25, -0.2) is 0 Å². The van der Waals surface area contributed by atoms with E-state index in [-0.39, 0.29) is 17.1 Å². The Labute approximate surface area is 165 Å². The second kappa shape index (κ2) is 8.75. The number of halogens is 2. The summed E-state index contributed by atoms with van der Waals surface area (Å²) in [6.45, 7) is 4.01. The normalized spacial score (nSPS) is 11.0. The quantitative estimate of drug-likeness (QED) is 0.508. The number of phenols is 1. The number of nitrogens with zero attached hydrogens (tertiary/aromatic N) is 1. The molecule has 0 bridgehead atoms. The predicted molar refractivity (Wildman–Crippen MR) is 105 cm³/mol. The second-order valence-electron chi connectivity index (χ2n) is 5.37. The fourth-order valence-electron chi connectivity index (χ4n) is 2.13. The van der Waals surface area contributed by atoms with Crippen LogP contribution in [0.25, 0.3) is 6.08 Å². The Kier molecular flexibility index (Phi) is 6.67. The van der Waals surface area contributed by atoms with Gasteiger partial charge in [-0.05, 0) is 71.2 Å². The molecule has 2 aromatic rings. The maximum atomic E-state index is 12.4. The van der Waals surface area contributed by atoms with Crippen LogP contribution in [0.2, 0.25) is 5.02 Å². The van der Waals surface area contributed by atoms with Crippen molar-refractivity contribution in [2.24, 2.45) is 0 Å². The van der Waals surface area contributed by atoms with Crippen molar-refractivity contribution in [1.82, 2.24) is 0 Å². The van der Waals surface area contributed by atoms with Crippen LogP contribution >= 0.6 is 27.5 Å². The number of hydrogen-bond donors (Lipinski definition) is 2. The maximum absolute atomic E-state index is 12.4. The molecule has 1 amide bonds. The van der Waals surface area contributed by atoms with Crippen LogP contribution in [-0.2, 0) is 4.79 Å². The van der Waals surface area contributed by atoms with Gasteiger partial charge in [0.25, 0.3) is 5.91 Å². The number of rotatable bonds is 5. The first-order valence-electron chi connectivity index (χ1n) is 7.70. The summed E-state index contributed by atoms with van der Waals surface area (Å²) in [5, 5.41) is 22.4. The molecule has 0 aromatic heterocycles. The number of aromatic hydroxyl groups is 1. The number of carbonyl (C=O) groups is 1. The number of nitriles is 1. The highest BCUT2D eigenvalue weighted by Gasteiger charge is 2.13. The zero-order valence-corrected chi connectivity index (χ0v) is 16.5. The standard InChI is InChI=1S/C19H16BrClN2O3/c1-3-26-17-8-12(7-15(20)18(17)24)6-13(10-22)19(25)23-14-5-4-11(2)16(21)9-14/h4-9,24H,3H2,1-2H3,(H,23,25)/b13-6+. The molecule has 26 heavy (non-hydrogen) atoms. The molecule has 0 aliphatic heterocycles. The van der Waals surface area contributed by atoms with E-state index in [1.165, 1.54) is 6.08 Å². The molecule has 2 N–H and O–H groups in total. The number of aryl methyl sites for hydroxylation is 1. The van der Waals surface area contributed by atoms with E-state index in [0.29, 0.717) is 27.4 Å². The fraction of sp³-hybridized carbons (Fsp3) is 0.158. The molecule has 0 spiro atoms. The van der Waals surface area contributed by atoms with Gasteiger partial charge in [-0.2, -0.15) is 5.26 Å². The minimum atomic E-state index is -0.561. The van der Waals surface area contributed by atoms with E-state index in [9.17, 15) is 15.2 Å². The van der Waals surface area contributed by atoms with E-state index in [2.05, 4.69) is 21.2 Å². The molecule has 134 valence electrons. The third kappa shape index (κ3) is 4.78. The van der Waals surface area contributed by atoms with Crippen molar-refractivity contribution in [3.05, 3.63) is 56.5 Å². The number of carbonyl (C=O) groups excluding carboxylic acids is 1. The Morgan fingerprint density at radius 2 is 2.15 bits per heavy atom. The summed E-state index contributed by atoms with van der Waals surface area (Å²) in [4.78, 5) is 12.4. The Morgan fingerprint density at radius 3 is 2.77 bits per heavy atom. The van der Waals surface area contributed by atoms with Crippen molar-refractivity contribution < 1.29 is 14.6 Å². The highest BCUT2D eigenvalue weighted by Crippen LogP contribution is 2.36. The molecule has 0 heterocycles. The summed E-state index contributed by atoms with van der Waals surface area (Å²) in [7, 11) is 0. The highest BCUT2D eigenvalue weighted by molar-refractivity contribution is 9.10. The Balaban J connectivity index is 2.30. The predicted octanol–water partition coefficient (Wildman–Crippen LogP) is 5.06. The lowest BCUT2D eigenvalue weighted by atomic mass is 10.1. The molecule has 2 aromatic carbocycles. The van der Waals surface area contributed by atoms with Gasteiger partial charge < -0.3 is 15.2 Å². The molecule has 0 aliphatic rings. The molecule has 7 heteroatoms. The lowest BCUT2D eigenvalue weighted by molar-refractivity contribution is -0.112. The topological polar surface area (TPSA) is 82.3 Å². The molecular formula is C19H16BrClN2O3. The number of amides is 1. The molecule has 0 aliphatic carbocycles. The molecule has 2 rings (SSSR count). The van der Waals surface area contributed by atoms with Crippen LogP contribution < -0.4 is 10.1 Å². The largest absolute Gasteiger partial charge is 0.503 e. The molecule has 0 fully saturated rings. The van der Waals surface area contributed by atoms with E-state index < -0.39 is 5.91 Å². The SMILES string of the molecule is CCOc1cc(/C=C(\C#N)C(=O)Nc2ccc(C)c(Cl)c2)cc(Br)c1O. The Morgan fingerprint density at radius 1 is 1.42 bits per heavy atom. The van der Waals surface area contributed by atoms with Crippen molar-refractivity contribution in [3.63, 3.8) is 0 Å². The second-order valence-corrected chi connectivity index (χ2v) is 6.63. The molecule has 0 saturated carbocycles. The average Bonchev–Trinajstić information content (AvgIpc) is 2.60. The van der Waals surface area contributed by atoms with Crippen LogP contribution in [0, 0.1) is 18.3 Å². The van der Waals surface area contributed by atoms with Gasteiger partial charge in [-0.15, -0.1) is 0 Å². The van der Waals surface area contributed by atoms with Crippen molar-refractivity contribution in [2.45, 2.75) is 13.8 Å². The first kappa shape index (κ1) is 19.8. The number of ether oxygens (including phenoxy) is 1. The molecular weight excluding hydrogens is 420 g/mol. The minimum Gasteiger partial charge on any atom is -0.503 e. The summed E-state index contributed by atoms with van der Waals surface area (Å²) in [5.41, 5.74) is 1.82. The van der Waals surface area contributed by atoms with Gasteiger partial charge in [0, 0.05) is 10.7 Å². The van der Waals surface area contributed by atoms with E-state index in [0.717, 1.165) is 5.56 Å². The first-order valence-corrected chi connectivity index (χ1v) is 8.87. The maximum Gasteiger partial charge on any atom is 0.266 e. The fourth-order valence-corrected chi connectivity index (χ4v) is 2.77. The van der Waals surface area contributed by atoms with Gasteiger partial charge in [0.2, 0.25) is 0 Å². The van der Waals surface area contributed by atoms with Gasteiger partial charge in [0.15, 0.2) is 11.5 Å². The van der Waals surface area contributed by atoms with Crippen LogP contribution in [0.4, 0.5) is 5.69 Å². The number of benzene rings is 2. The number of hydrogen-bond acceptors (Lipinski definition) is 4. The summed E-state index contributed by atoms with van der Waals surface area (Å²) in [6, 6.07) is 10.1. The van der Waals surface area contributed by atoms with E-state index in [4.69, 9.17) is 16.3 Å². The van der Waals surface area contributed by atoms with Crippen molar-refractivity contribution in [1.29, 1.82) is 5.26 Å². The summed E-state index contributed by atoms with van der Waals surface area (Å²) in [6.07, 6.45) is 1.41. The smallest absolute Gasteiger partial charge is 0.266 e. The van der Waals surface area contributed by atoms with Crippen molar-refractivity contribution in [2.75, 3.05) is 11.9 Å². The summed E-state index contributed by atoms with van der Waals surface area (Å²) in [5.74, 6) is -0.341. The first-order chi connectivity index (χ1) is 12.3. The zero-order valence-electron chi connectivity index (χ0n) is 14.1. The third-order valence-corrected chi connectivity index (χ3v) is 4.47. The van der Waals surface area contributed by atoms with Crippen LogP contribution in [0.1, 0.15) is 18.1 Å². The number of anilines is 1. The zero-order chi connectivity index (χ0) is 19.3. The monoisotopic (exact) mass is 434 g/mol. The van der Waals surface area contributed by atoms with Crippen LogP contribution in [0.15, 0.2) is 40.4 Å². The van der Waals surface area contributed by atoms with Crippen molar-refractivity contribution in [3.8, 4) is 17.6 Å². The Bertz CT molecular complexity index is 920. The van der Waals surface area contributed by atoms with Crippen LogP contribution in [0.3, 0.4) is 0 Å². The van der Waals surface area contributed by atoms with Gasteiger partial charge in [0.1, 0.15) is 11.6 Å². The van der Waals surface area contributed by atoms with Crippen LogP contribution in [0.5, 0.6) is 11.5 Å². The summed E-state index contributed by atoms with van der Waals surface area (Å²) < 4.78 is 5.75. The molecule has 0 unspecified atom stereocenters. The van der Waals surface area contributed by atoms with Crippen molar-refractivity contribution >= 4 is 45.2 Å². The number of phenolic OH excluding ortho intramolecular Hbond substituents is 1. The molecule has 0 saturated heterocycles. The number of nitrogens with one attached hydrogen (secondary N) is 1. The minimum absolute atomic E-state index is 0.0405. The molecule has 5 nitrogen and oxygen atoms in total. The van der Waals surface area contributed by atoms with Gasteiger partial charge in [-0.3, -0.25) is 4.79 Å². The third-order valence-electron chi connectivity index (χ3n) is 3.46. The van der Waals surface area contributed by atoms with Gasteiger partial charge in [-0.1, -0.05) is 17.7 Å². The molecule has 0 radical (unpaired) electrons. The van der Waals surface area contributed by atoms with Gasteiger partial charge in [0.05, 0.1) is 11.1 Å². The van der Waals surface area contributed by atoms with E-state index in [1.807, 2.05) is 13.0 Å². The lowest BCUT2D eigenvalue weighted by Crippen LogP contribution is -2.13. The van der Waals surface area contributed by atoms with E-state index in [1.54, 1.807) is 37.3 Å². The van der Waals surface area contributed by atoms with Gasteiger partial charge >= 0.3 is 0 Å². The average molecular weight is 436 g/mol. The highest BCUT2D eigenvalue weighted by atomic mass is 79.9. The van der Waals surface area contributed by atoms with Crippen LogP contribution in [-0.4, -0.2) is 17.6 Å². The molecule has 0 atom stereocenters. The lowest BCUT2D eigenvalue weighted by Gasteiger charge is -2.09.